The molecule has 3 heterocycles. The van der Waals surface area contributed by atoms with Gasteiger partial charge in [0.05, 0.1) is 42.9 Å². The first-order valence-corrected chi connectivity index (χ1v) is 19.0. The number of anilines is 1. The normalized spacial score (nSPS) is 33.2. The molecular weight excluding hydrogens is 664 g/mol. The number of hydrogen-bond acceptors (Lipinski definition) is 10. The molecule has 3 aliphatic heterocycles. The molecule has 10 nitrogen and oxygen atoms in total. The minimum Gasteiger partial charge on any atom is -0.459 e. The predicted molar refractivity (Wildman–Crippen MR) is 187 cm³/mol. The number of aliphatic hydroxyl groups is 1. The number of nitrogens with zero attached hydrogens (tertiary/aromatic N) is 1. The molecule has 0 spiro atoms. The maximum absolute atomic E-state index is 13.9. The molecule has 1 aromatic carbocycles. The summed E-state index contributed by atoms with van der Waals surface area (Å²) in [5.74, 6) is -0.840. The molecule has 2 saturated heterocycles. The zero-order valence-electron chi connectivity index (χ0n) is 28.2. The van der Waals surface area contributed by atoms with Crippen LogP contribution in [0.15, 0.2) is 35.9 Å². The second-order valence-corrected chi connectivity index (χ2v) is 15.9. The van der Waals surface area contributed by atoms with E-state index < -0.39 is 53.5 Å². The van der Waals surface area contributed by atoms with Gasteiger partial charge in [-0.25, -0.2) is 4.79 Å². The van der Waals surface area contributed by atoms with Gasteiger partial charge in [0.15, 0.2) is 0 Å². The van der Waals surface area contributed by atoms with Crippen molar-refractivity contribution in [2.75, 3.05) is 37.2 Å². The second kappa shape index (κ2) is 16.0. The topological polar surface area (TPSA) is 127 Å². The Morgan fingerprint density at radius 2 is 1.98 bits per heavy atom. The quantitative estimate of drug-likeness (QED) is 0.143. The standard InChI is InChI=1S/C34H47ClN2O8S2/c1-20-9-8-10-22(3)34(41)19-26(43-32(40)36-34)23(4)31-33(5,45-31)27(44-29(39)11-12-42-13-14-47-46-7)18-28(38)37(6)25-17-24(15-20)16-21(2)30(25)35/h8-10,16-17,22-23,26-27,31,41H,11-15,18-19H2,1-7H3,(H,36,40)/b10-8+,20-9+/t22-,23-,26+,27+,31+,33+,34+/m1/s1. The first-order valence-electron chi connectivity index (χ1n) is 15.9. The van der Waals surface area contributed by atoms with Gasteiger partial charge in [0, 0.05) is 31.1 Å². The molecule has 4 bridgehead atoms. The Bertz CT molecular complexity index is 1390. The van der Waals surface area contributed by atoms with Gasteiger partial charge in [0.1, 0.15) is 23.5 Å². The summed E-state index contributed by atoms with van der Waals surface area (Å²) in [6.07, 6.45) is 5.37. The Balaban J connectivity index is 1.66. The zero-order chi connectivity index (χ0) is 34.5. The van der Waals surface area contributed by atoms with Crippen LogP contribution in [0.5, 0.6) is 0 Å². The molecule has 0 aromatic heterocycles. The number of benzene rings is 1. The van der Waals surface area contributed by atoms with Crippen LogP contribution in [-0.2, 0) is 35.0 Å². The van der Waals surface area contributed by atoms with Crippen LogP contribution < -0.4 is 10.2 Å². The highest BCUT2D eigenvalue weighted by atomic mass is 35.5. The van der Waals surface area contributed by atoms with E-state index in [1.807, 2.05) is 64.3 Å². The second-order valence-electron chi connectivity index (χ2n) is 12.9. The number of amides is 2. The van der Waals surface area contributed by atoms with Crippen molar-refractivity contribution in [2.24, 2.45) is 11.8 Å². The van der Waals surface area contributed by atoms with Crippen LogP contribution >= 0.6 is 33.2 Å². The molecule has 1 aromatic rings. The maximum Gasteiger partial charge on any atom is 0.409 e. The molecule has 13 heteroatoms. The highest BCUT2D eigenvalue weighted by Gasteiger charge is 2.64. The first-order chi connectivity index (χ1) is 22.2. The number of aryl methyl sites for hydroxylation is 1. The summed E-state index contributed by atoms with van der Waals surface area (Å²) in [5, 5.41) is 14.6. The minimum atomic E-state index is -1.55. The van der Waals surface area contributed by atoms with E-state index in [4.69, 9.17) is 30.5 Å². The number of rotatable bonds is 8. The molecule has 0 unspecified atom stereocenters. The number of carbonyl (C=O) groups is 3. The number of epoxide rings is 1. The van der Waals surface area contributed by atoms with Crippen LogP contribution in [0, 0.1) is 18.8 Å². The minimum absolute atomic E-state index is 0.0189. The van der Waals surface area contributed by atoms with Crippen LogP contribution in [0.2, 0.25) is 5.02 Å². The third-order valence-electron chi connectivity index (χ3n) is 9.24. The largest absolute Gasteiger partial charge is 0.459 e. The average Bonchev–Trinajstić information content (AvgIpc) is 3.70. The Morgan fingerprint density at radius 1 is 1.23 bits per heavy atom. The smallest absolute Gasteiger partial charge is 0.409 e. The molecule has 260 valence electrons. The molecule has 2 amide bonds. The summed E-state index contributed by atoms with van der Waals surface area (Å²) in [6.45, 7) is 10.1. The number of esters is 1. The monoisotopic (exact) mass is 710 g/mol. The highest BCUT2D eigenvalue weighted by molar-refractivity contribution is 8.76. The Labute approximate surface area is 290 Å². The van der Waals surface area contributed by atoms with E-state index >= 15 is 0 Å². The SMILES string of the molecule is CSSCCOCCC(=O)O[C@H]1CC(=O)N(C)c2cc(cc(C)c2Cl)C/C(C)=C/C=C/[C@@H](C)[C@@]2(O)C[C@H](OC(=O)N2)[C@@H](C)[C@@H]2O[C@@]12C. The predicted octanol–water partition coefficient (Wildman–Crippen LogP) is 6.01. The van der Waals surface area contributed by atoms with Crippen molar-refractivity contribution >= 4 is 56.8 Å². The van der Waals surface area contributed by atoms with E-state index in [0.29, 0.717) is 23.7 Å². The van der Waals surface area contributed by atoms with Gasteiger partial charge < -0.3 is 29.0 Å². The lowest BCUT2D eigenvalue weighted by Crippen LogP contribution is -2.60. The lowest BCUT2D eigenvalue weighted by Gasteiger charge is -2.41. The van der Waals surface area contributed by atoms with Gasteiger partial charge >= 0.3 is 12.1 Å². The van der Waals surface area contributed by atoms with Crippen molar-refractivity contribution in [3.05, 3.63) is 52.1 Å². The lowest BCUT2D eigenvalue weighted by atomic mass is 9.82. The molecule has 7 atom stereocenters. The van der Waals surface area contributed by atoms with Crippen LogP contribution in [-0.4, -0.2) is 85.0 Å². The van der Waals surface area contributed by atoms with Gasteiger partial charge in [0.2, 0.25) is 5.91 Å². The summed E-state index contributed by atoms with van der Waals surface area (Å²) in [6, 6.07) is 3.89. The maximum atomic E-state index is 13.9. The molecule has 47 heavy (non-hydrogen) atoms. The number of allylic oxidation sites excluding steroid dienone is 3. The van der Waals surface area contributed by atoms with Crippen molar-refractivity contribution in [1.29, 1.82) is 0 Å². The van der Waals surface area contributed by atoms with Gasteiger partial charge in [-0.2, -0.15) is 0 Å². The number of alkyl carbamates (subject to hydrolysis) is 1. The van der Waals surface area contributed by atoms with Crippen molar-refractivity contribution in [3.63, 3.8) is 0 Å². The molecule has 3 aliphatic rings. The van der Waals surface area contributed by atoms with Gasteiger partial charge in [0.25, 0.3) is 0 Å². The number of hydrogen-bond donors (Lipinski definition) is 2. The van der Waals surface area contributed by atoms with Crippen molar-refractivity contribution in [2.45, 2.75) is 89.9 Å². The molecule has 2 fully saturated rings. The third-order valence-corrected chi connectivity index (χ3v) is 11.5. The third kappa shape index (κ3) is 9.27. The molecule has 0 saturated carbocycles. The fraction of sp³-hybridized carbons (Fsp3) is 0.618. The van der Waals surface area contributed by atoms with E-state index in [0.717, 1.165) is 22.5 Å². The summed E-state index contributed by atoms with van der Waals surface area (Å²) in [5.41, 5.74) is 0.807. The van der Waals surface area contributed by atoms with Crippen molar-refractivity contribution in [3.8, 4) is 0 Å². The summed E-state index contributed by atoms with van der Waals surface area (Å²) in [4.78, 5) is 41.1. The van der Waals surface area contributed by atoms with Crippen LogP contribution in [0.3, 0.4) is 0 Å². The number of ether oxygens (including phenoxy) is 4. The van der Waals surface area contributed by atoms with Crippen LogP contribution in [0.4, 0.5) is 10.5 Å². The van der Waals surface area contributed by atoms with Gasteiger partial charge in [-0.15, -0.1) is 0 Å². The van der Waals surface area contributed by atoms with Crippen LogP contribution in [0.1, 0.15) is 58.1 Å². The van der Waals surface area contributed by atoms with Gasteiger partial charge in [-0.3, -0.25) is 14.9 Å². The van der Waals surface area contributed by atoms with Crippen molar-refractivity contribution in [1.82, 2.24) is 5.32 Å². The number of nitrogens with one attached hydrogen (secondary N) is 1. The Kier molecular flexibility index (Phi) is 12.8. The number of halogens is 1. The number of carbonyl (C=O) groups excluding carboxylic acids is 3. The Morgan fingerprint density at radius 3 is 2.70 bits per heavy atom. The highest BCUT2D eigenvalue weighted by Crippen LogP contribution is 2.49. The van der Waals surface area contributed by atoms with Crippen molar-refractivity contribution < 1.29 is 38.4 Å². The molecule has 2 N–H and O–H groups in total. The zero-order valence-corrected chi connectivity index (χ0v) is 30.6. The first kappa shape index (κ1) is 37.6. The number of fused-ring (bicyclic) bond motifs is 5. The van der Waals surface area contributed by atoms with Crippen LogP contribution in [0.25, 0.3) is 0 Å². The summed E-state index contributed by atoms with van der Waals surface area (Å²) >= 11 is 6.73. The van der Waals surface area contributed by atoms with E-state index in [1.54, 1.807) is 35.6 Å². The van der Waals surface area contributed by atoms with E-state index in [2.05, 4.69) is 5.32 Å². The molecular formula is C34H47ClN2O8S2. The van der Waals surface area contributed by atoms with E-state index in [9.17, 15) is 19.5 Å². The van der Waals surface area contributed by atoms with E-state index in [1.165, 1.54) is 4.90 Å². The fourth-order valence-corrected chi connectivity index (χ4v) is 7.49. The molecule has 0 radical (unpaired) electrons. The average molecular weight is 711 g/mol. The lowest BCUT2D eigenvalue weighted by molar-refractivity contribution is -0.154. The molecule has 0 aliphatic carbocycles. The summed E-state index contributed by atoms with van der Waals surface area (Å²) in [7, 11) is 4.98. The summed E-state index contributed by atoms with van der Waals surface area (Å²) < 4.78 is 23.4. The molecule has 4 rings (SSSR count). The fourth-order valence-electron chi connectivity index (χ4n) is 6.20. The van der Waals surface area contributed by atoms with Gasteiger partial charge in [-0.05, 0) is 50.6 Å². The Hall–Kier alpha value is -2.22. The van der Waals surface area contributed by atoms with E-state index in [-0.39, 0.29) is 31.8 Å². The van der Waals surface area contributed by atoms with Gasteiger partial charge in [-0.1, -0.05) is 76.9 Å².